The summed E-state index contributed by atoms with van der Waals surface area (Å²) in [5.74, 6) is -2.33. The van der Waals surface area contributed by atoms with Gasteiger partial charge in [0.15, 0.2) is 6.61 Å². The van der Waals surface area contributed by atoms with Crippen LogP contribution >= 0.6 is 0 Å². The zero-order chi connectivity index (χ0) is 11.9. The zero-order valence-electron chi connectivity index (χ0n) is 7.34. The average molecular weight is 231 g/mol. The molecular weight excluding hydrogens is 223 g/mol. The van der Waals surface area contributed by atoms with Gasteiger partial charge in [-0.2, -0.15) is 13.2 Å². The van der Waals surface area contributed by atoms with E-state index in [1.807, 2.05) is 0 Å². The van der Waals surface area contributed by atoms with Crippen LogP contribution in [-0.2, 0) is 19.2 Å². The van der Waals surface area contributed by atoms with E-state index in [1.54, 1.807) is 5.48 Å². The first-order chi connectivity index (χ1) is 6.81. The predicted octanol–water partition coefficient (Wildman–Crippen LogP) is -0.302. The fourth-order valence-corrected chi connectivity index (χ4v) is 0.467. The van der Waals surface area contributed by atoms with E-state index in [1.165, 1.54) is 0 Å². The molecule has 0 aromatic heterocycles. The van der Waals surface area contributed by atoms with Gasteiger partial charge in [-0.05, 0) is 0 Å². The molecule has 0 heterocycles. The van der Waals surface area contributed by atoms with Crippen molar-refractivity contribution in [2.45, 2.75) is 6.18 Å². The van der Waals surface area contributed by atoms with Gasteiger partial charge in [-0.1, -0.05) is 0 Å². The summed E-state index contributed by atoms with van der Waals surface area (Å²) in [6.07, 6.45) is -4.51. The Morgan fingerprint density at radius 1 is 1.27 bits per heavy atom. The molecule has 9 heteroatoms. The van der Waals surface area contributed by atoms with E-state index in [0.717, 1.165) is 0 Å². The Balaban J connectivity index is 3.46. The maximum atomic E-state index is 11.5. The maximum Gasteiger partial charge on any atom is 0.411 e. The topological polar surface area (TPSA) is 84.9 Å². The highest BCUT2D eigenvalue weighted by molar-refractivity contribution is 5.76. The number of carbonyl (C=O) groups excluding carboxylic acids is 1. The second-order valence-corrected chi connectivity index (χ2v) is 2.32. The molecule has 0 saturated heterocycles. The van der Waals surface area contributed by atoms with Crippen LogP contribution in [0.4, 0.5) is 13.2 Å². The molecule has 0 aromatic rings. The number of alkyl halides is 3. The van der Waals surface area contributed by atoms with Crippen LogP contribution < -0.4 is 5.48 Å². The molecule has 0 aliphatic rings. The van der Waals surface area contributed by atoms with E-state index in [9.17, 15) is 22.8 Å². The number of halogens is 3. The number of carbonyl (C=O) groups is 2. The SMILES string of the molecule is O=C(O)CONC(=O)COCC(F)(F)F. The van der Waals surface area contributed by atoms with E-state index in [-0.39, 0.29) is 0 Å². The number of carboxylic acids is 1. The van der Waals surface area contributed by atoms with E-state index in [0.29, 0.717) is 0 Å². The molecule has 0 radical (unpaired) electrons. The number of amides is 1. The summed E-state index contributed by atoms with van der Waals surface area (Å²) in [6.45, 7) is -3.20. The number of rotatable bonds is 6. The number of carboxylic acid groups (broad SMARTS) is 1. The lowest BCUT2D eigenvalue weighted by molar-refractivity contribution is -0.178. The quantitative estimate of drug-likeness (QED) is 0.613. The fourth-order valence-electron chi connectivity index (χ4n) is 0.467. The molecule has 0 spiro atoms. The molecule has 0 aliphatic carbocycles. The van der Waals surface area contributed by atoms with E-state index in [2.05, 4.69) is 9.57 Å². The van der Waals surface area contributed by atoms with E-state index >= 15 is 0 Å². The first-order valence-corrected chi connectivity index (χ1v) is 3.58. The summed E-state index contributed by atoms with van der Waals surface area (Å²) in [5.41, 5.74) is 1.59. The van der Waals surface area contributed by atoms with Gasteiger partial charge in [0.1, 0.15) is 13.2 Å². The number of hydroxylamine groups is 1. The molecule has 0 atom stereocenters. The van der Waals surface area contributed by atoms with Gasteiger partial charge in [-0.3, -0.25) is 9.63 Å². The molecule has 0 unspecified atom stereocenters. The highest BCUT2D eigenvalue weighted by Gasteiger charge is 2.27. The van der Waals surface area contributed by atoms with E-state index in [4.69, 9.17) is 5.11 Å². The van der Waals surface area contributed by atoms with Gasteiger partial charge >= 0.3 is 12.1 Å². The Labute approximate surface area is 81.9 Å². The van der Waals surface area contributed by atoms with Crippen LogP contribution in [0.1, 0.15) is 0 Å². The average Bonchev–Trinajstić information content (AvgIpc) is 2.00. The van der Waals surface area contributed by atoms with Gasteiger partial charge in [0, 0.05) is 0 Å². The smallest absolute Gasteiger partial charge is 0.411 e. The van der Waals surface area contributed by atoms with Gasteiger partial charge < -0.3 is 9.84 Å². The second-order valence-electron chi connectivity index (χ2n) is 2.32. The summed E-state index contributed by atoms with van der Waals surface area (Å²) in [5, 5.41) is 8.05. The van der Waals surface area contributed by atoms with E-state index < -0.39 is 37.9 Å². The molecule has 0 rings (SSSR count). The lowest BCUT2D eigenvalue weighted by atomic mass is 10.6. The molecule has 6 nitrogen and oxygen atoms in total. The Hall–Kier alpha value is -1.35. The zero-order valence-corrected chi connectivity index (χ0v) is 7.34. The monoisotopic (exact) mass is 231 g/mol. The van der Waals surface area contributed by atoms with Crippen molar-refractivity contribution >= 4 is 11.9 Å². The molecule has 1 amide bonds. The minimum absolute atomic E-state index is 0.787. The molecule has 2 N–H and O–H groups in total. The maximum absolute atomic E-state index is 11.5. The van der Waals surface area contributed by atoms with Crippen molar-refractivity contribution in [3.63, 3.8) is 0 Å². The van der Waals surface area contributed by atoms with Crippen molar-refractivity contribution in [3.8, 4) is 0 Å². The normalized spacial score (nSPS) is 11.1. The number of hydrogen-bond donors (Lipinski definition) is 2. The Kier molecular flexibility index (Phi) is 5.64. The third kappa shape index (κ3) is 10.6. The molecule has 0 aliphatic heterocycles. The van der Waals surface area contributed by atoms with Gasteiger partial charge in [-0.25, -0.2) is 10.3 Å². The predicted molar refractivity (Wildman–Crippen MR) is 38.6 cm³/mol. The lowest BCUT2D eigenvalue weighted by Crippen LogP contribution is -2.31. The second kappa shape index (κ2) is 6.19. The molecule has 0 saturated carbocycles. The third-order valence-electron chi connectivity index (χ3n) is 0.881. The largest absolute Gasteiger partial charge is 0.479 e. The summed E-state index contributed by atoms with van der Waals surface area (Å²) in [6, 6.07) is 0. The van der Waals surface area contributed by atoms with Crippen molar-refractivity contribution in [2.75, 3.05) is 19.8 Å². The van der Waals surface area contributed by atoms with Crippen LogP contribution in [0.15, 0.2) is 0 Å². The van der Waals surface area contributed by atoms with Gasteiger partial charge in [0.2, 0.25) is 0 Å². The van der Waals surface area contributed by atoms with Crippen molar-refractivity contribution in [1.29, 1.82) is 0 Å². The Morgan fingerprint density at radius 2 is 1.87 bits per heavy atom. The number of hydrogen-bond acceptors (Lipinski definition) is 4. The molecule has 0 bridgehead atoms. The highest BCUT2D eigenvalue weighted by atomic mass is 19.4. The minimum Gasteiger partial charge on any atom is -0.479 e. The fraction of sp³-hybridized carbons (Fsp3) is 0.667. The first-order valence-electron chi connectivity index (χ1n) is 3.58. The lowest BCUT2D eigenvalue weighted by Gasteiger charge is -2.07. The summed E-state index contributed by atoms with van der Waals surface area (Å²) >= 11 is 0. The van der Waals surface area contributed by atoms with Crippen LogP contribution in [0.5, 0.6) is 0 Å². The first kappa shape index (κ1) is 13.7. The molecule has 15 heavy (non-hydrogen) atoms. The van der Waals surface area contributed by atoms with Crippen LogP contribution in [0.25, 0.3) is 0 Å². The molecule has 88 valence electrons. The van der Waals surface area contributed by atoms with Crippen LogP contribution in [0.3, 0.4) is 0 Å². The van der Waals surface area contributed by atoms with Crippen molar-refractivity contribution < 1.29 is 37.4 Å². The number of nitrogens with one attached hydrogen (secondary N) is 1. The van der Waals surface area contributed by atoms with Crippen LogP contribution in [0.2, 0.25) is 0 Å². The standard InChI is InChI=1S/C6H8F3NO5/c7-6(8,9)3-14-1-4(11)10-15-2-5(12)13/h1-3H2,(H,10,11)(H,12,13). The van der Waals surface area contributed by atoms with Gasteiger partial charge in [0.05, 0.1) is 0 Å². The summed E-state index contributed by atoms with van der Waals surface area (Å²) in [4.78, 5) is 24.5. The Morgan fingerprint density at radius 3 is 2.33 bits per heavy atom. The third-order valence-corrected chi connectivity index (χ3v) is 0.881. The Bertz CT molecular complexity index is 229. The molecule has 0 fully saturated rings. The van der Waals surface area contributed by atoms with Crippen molar-refractivity contribution in [1.82, 2.24) is 5.48 Å². The molecular formula is C6H8F3NO5. The minimum atomic E-state index is -4.51. The van der Waals surface area contributed by atoms with Crippen LogP contribution in [-0.4, -0.2) is 43.0 Å². The molecule has 0 aromatic carbocycles. The van der Waals surface area contributed by atoms with Crippen molar-refractivity contribution in [2.24, 2.45) is 0 Å². The van der Waals surface area contributed by atoms with Crippen molar-refractivity contribution in [3.05, 3.63) is 0 Å². The number of ether oxygens (including phenoxy) is 1. The van der Waals surface area contributed by atoms with Crippen LogP contribution in [0, 0.1) is 0 Å². The number of aliphatic carboxylic acids is 1. The highest BCUT2D eigenvalue weighted by Crippen LogP contribution is 2.13. The summed E-state index contributed by atoms with van der Waals surface area (Å²) in [7, 11) is 0. The van der Waals surface area contributed by atoms with Gasteiger partial charge in [0.25, 0.3) is 5.91 Å². The summed E-state index contributed by atoms with van der Waals surface area (Å²) < 4.78 is 38.4. The van der Waals surface area contributed by atoms with Gasteiger partial charge in [-0.15, -0.1) is 0 Å².